The molecule has 0 unspecified atom stereocenters. The molecule has 5 nitrogen and oxygen atoms in total. The molecule has 0 bridgehead atoms. The Bertz CT molecular complexity index is 766. The minimum Gasteiger partial charge on any atom is -0.506 e. The number of benzene rings is 2. The number of phenolic OH excluding ortho intramolecular Hbond substituents is 1. The van der Waals surface area contributed by atoms with Gasteiger partial charge in [0.1, 0.15) is 5.75 Å². The van der Waals surface area contributed by atoms with Crippen molar-refractivity contribution in [1.29, 1.82) is 0 Å². The lowest BCUT2D eigenvalue weighted by molar-refractivity contribution is -0.892. The minimum atomic E-state index is -2.45. The van der Waals surface area contributed by atoms with Gasteiger partial charge in [-0.15, -0.1) is 0 Å². The van der Waals surface area contributed by atoms with E-state index >= 15 is 0 Å². The van der Waals surface area contributed by atoms with Crippen LogP contribution in [0.25, 0.3) is 0 Å². The van der Waals surface area contributed by atoms with Gasteiger partial charge in [-0.3, -0.25) is 4.79 Å². The Morgan fingerprint density at radius 1 is 1.15 bits per heavy atom. The number of para-hydroxylation sites is 2. The van der Waals surface area contributed by atoms with Gasteiger partial charge in [0.25, 0.3) is 11.7 Å². The first-order valence-electron chi connectivity index (χ1n) is 8.72. The molecule has 2 aromatic rings. The third kappa shape index (κ3) is 5.58. The molecule has 0 aromatic heterocycles. The second kappa shape index (κ2) is 9.05. The predicted octanol–water partition coefficient (Wildman–Crippen LogP) is 2.05. The molecule has 1 saturated heterocycles. The molecule has 3 N–H and O–H groups in total. The van der Waals surface area contributed by atoms with Crippen LogP contribution in [0.4, 0.5) is 20.2 Å². The Balaban J connectivity index is 1.46. The van der Waals surface area contributed by atoms with Crippen LogP contribution >= 0.6 is 11.8 Å². The quantitative estimate of drug-likeness (QED) is 0.657. The first-order chi connectivity index (χ1) is 13.0. The van der Waals surface area contributed by atoms with Gasteiger partial charge in [0.15, 0.2) is 6.54 Å². The lowest BCUT2D eigenvalue weighted by atomic mass is 10.2. The van der Waals surface area contributed by atoms with Crippen molar-refractivity contribution in [2.24, 2.45) is 0 Å². The molecule has 1 aliphatic rings. The number of thioether (sulfide) groups is 1. The number of hydrogen-bond acceptors (Lipinski definition) is 4. The van der Waals surface area contributed by atoms with E-state index in [1.807, 2.05) is 12.1 Å². The third-order valence-electron chi connectivity index (χ3n) is 4.47. The number of nitrogens with zero attached hydrogens (tertiary/aromatic N) is 1. The number of phenols is 1. The van der Waals surface area contributed by atoms with Crippen LogP contribution in [0.15, 0.2) is 53.4 Å². The summed E-state index contributed by atoms with van der Waals surface area (Å²) >= 11 is 0.481. The van der Waals surface area contributed by atoms with E-state index in [9.17, 15) is 18.7 Å². The van der Waals surface area contributed by atoms with Crippen LogP contribution in [-0.4, -0.2) is 49.5 Å². The van der Waals surface area contributed by atoms with Crippen LogP contribution in [0.2, 0.25) is 0 Å². The highest BCUT2D eigenvalue weighted by atomic mass is 32.2. The molecule has 0 spiro atoms. The van der Waals surface area contributed by atoms with Gasteiger partial charge in [-0.05, 0) is 36.4 Å². The zero-order valence-corrected chi connectivity index (χ0v) is 15.5. The van der Waals surface area contributed by atoms with E-state index in [-0.39, 0.29) is 11.7 Å². The van der Waals surface area contributed by atoms with Gasteiger partial charge in [-0.25, -0.2) is 0 Å². The molecule has 1 aliphatic heterocycles. The van der Waals surface area contributed by atoms with Crippen molar-refractivity contribution < 1.29 is 23.6 Å². The van der Waals surface area contributed by atoms with Crippen LogP contribution < -0.4 is 15.1 Å². The molecule has 1 heterocycles. The van der Waals surface area contributed by atoms with Crippen molar-refractivity contribution in [1.82, 2.24) is 0 Å². The SMILES string of the molecule is O=C(C[NH+]1CCN(c2ccccc2O)CC1)Nc1ccc(SC(F)F)cc1. The summed E-state index contributed by atoms with van der Waals surface area (Å²) in [4.78, 5) is 16.0. The molecule has 0 radical (unpaired) electrons. The number of carbonyl (C=O) groups is 1. The van der Waals surface area contributed by atoms with Gasteiger partial charge in [0.2, 0.25) is 0 Å². The summed E-state index contributed by atoms with van der Waals surface area (Å²) in [5.41, 5.74) is 1.42. The fourth-order valence-electron chi connectivity index (χ4n) is 3.12. The zero-order chi connectivity index (χ0) is 19.2. The maximum absolute atomic E-state index is 12.3. The molecule has 2 aromatic carbocycles. The Kier molecular flexibility index (Phi) is 6.52. The lowest BCUT2D eigenvalue weighted by Gasteiger charge is -2.33. The number of hydrogen-bond donors (Lipinski definition) is 3. The highest BCUT2D eigenvalue weighted by Crippen LogP contribution is 2.27. The second-order valence-electron chi connectivity index (χ2n) is 6.35. The maximum Gasteiger partial charge on any atom is 0.288 e. The van der Waals surface area contributed by atoms with E-state index in [0.29, 0.717) is 28.9 Å². The van der Waals surface area contributed by atoms with E-state index in [1.54, 1.807) is 36.4 Å². The smallest absolute Gasteiger partial charge is 0.288 e. The Morgan fingerprint density at radius 2 is 1.81 bits per heavy atom. The van der Waals surface area contributed by atoms with Crippen molar-refractivity contribution in [2.45, 2.75) is 10.7 Å². The largest absolute Gasteiger partial charge is 0.506 e. The Morgan fingerprint density at radius 3 is 2.44 bits per heavy atom. The summed E-state index contributed by atoms with van der Waals surface area (Å²) in [6, 6.07) is 13.7. The lowest BCUT2D eigenvalue weighted by Crippen LogP contribution is -3.15. The van der Waals surface area contributed by atoms with E-state index in [4.69, 9.17) is 0 Å². The zero-order valence-electron chi connectivity index (χ0n) is 14.7. The molecular weight excluding hydrogens is 372 g/mol. The van der Waals surface area contributed by atoms with Gasteiger partial charge >= 0.3 is 0 Å². The normalized spacial score (nSPS) is 15.1. The summed E-state index contributed by atoms with van der Waals surface area (Å²) in [5, 5.41) is 12.8. The number of piperazine rings is 1. The van der Waals surface area contributed by atoms with E-state index in [0.717, 1.165) is 31.9 Å². The van der Waals surface area contributed by atoms with Gasteiger partial charge < -0.3 is 20.2 Å². The third-order valence-corrected chi connectivity index (χ3v) is 5.19. The molecule has 8 heteroatoms. The maximum atomic E-state index is 12.3. The number of nitrogens with one attached hydrogen (secondary N) is 2. The van der Waals surface area contributed by atoms with Gasteiger partial charge in [0.05, 0.1) is 31.9 Å². The molecule has 1 fully saturated rings. The summed E-state index contributed by atoms with van der Waals surface area (Å²) < 4.78 is 24.6. The van der Waals surface area contributed by atoms with Crippen LogP contribution in [0, 0.1) is 0 Å². The standard InChI is InChI=1S/C19H21F2N3O2S/c20-19(21)27-15-7-5-14(6-8-15)22-18(26)13-23-9-11-24(12-10-23)16-3-1-2-4-17(16)25/h1-8,19,25H,9-13H2,(H,22,26)/p+1. The summed E-state index contributed by atoms with van der Waals surface area (Å²) in [6.07, 6.45) is 0. The van der Waals surface area contributed by atoms with Crippen LogP contribution in [0.5, 0.6) is 5.75 Å². The fraction of sp³-hybridized carbons (Fsp3) is 0.316. The van der Waals surface area contributed by atoms with E-state index in [1.165, 1.54) is 4.90 Å². The molecular formula is C19H22F2N3O2S+. The highest BCUT2D eigenvalue weighted by Gasteiger charge is 2.23. The van der Waals surface area contributed by atoms with Crippen molar-refractivity contribution in [3.05, 3.63) is 48.5 Å². The summed E-state index contributed by atoms with van der Waals surface area (Å²) in [7, 11) is 0. The molecule has 0 atom stereocenters. The number of quaternary nitrogens is 1. The predicted molar refractivity (Wildman–Crippen MR) is 103 cm³/mol. The Labute approximate surface area is 161 Å². The Hall–Kier alpha value is -2.32. The van der Waals surface area contributed by atoms with Crippen molar-refractivity contribution in [2.75, 3.05) is 42.9 Å². The van der Waals surface area contributed by atoms with Gasteiger partial charge in [-0.1, -0.05) is 23.9 Å². The first kappa shape index (κ1) is 19.4. The number of anilines is 2. The van der Waals surface area contributed by atoms with Crippen molar-refractivity contribution >= 4 is 29.0 Å². The van der Waals surface area contributed by atoms with Gasteiger partial charge in [-0.2, -0.15) is 8.78 Å². The van der Waals surface area contributed by atoms with E-state index < -0.39 is 5.76 Å². The molecule has 0 saturated carbocycles. The number of alkyl halides is 2. The fourth-order valence-corrected chi connectivity index (χ4v) is 3.62. The van der Waals surface area contributed by atoms with Crippen LogP contribution in [0.1, 0.15) is 0 Å². The number of carbonyl (C=O) groups excluding carboxylic acids is 1. The topological polar surface area (TPSA) is 57.0 Å². The first-order valence-corrected chi connectivity index (χ1v) is 9.60. The van der Waals surface area contributed by atoms with E-state index in [2.05, 4.69) is 10.2 Å². The summed E-state index contributed by atoms with van der Waals surface area (Å²) in [6.45, 7) is 3.47. The number of amides is 1. The average molecular weight is 394 g/mol. The minimum absolute atomic E-state index is 0.102. The molecule has 27 heavy (non-hydrogen) atoms. The van der Waals surface area contributed by atoms with Gasteiger partial charge in [0, 0.05) is 10.6 Å². The molecule has 0 aliphatic carbocycles. The van der Waals surface area contributed by atoms with Crippen LogP contribution in [-0.2, 0) is 4.79 Å². The molecule has 144 valence electrons. The highest BCUT2D eigenvalue weighted by molar-refractivity contribution is 7.99. The van der Waals surface area contributed by atoms with Crippen LogP contribution in [0.3, 0.4) is 0 Å². The molecule has 3 rings (SSSR count). The second-order valence-corrected chi connectivity index (χ2v) is 7.42. The average Bonchev–Trinajstić information content (AvgIpc) is 2.64. The monoisotopic (exact) mass is 394 g/mol. The number of aromatic hydroxyl groups is 1. The number of halogens is 2. The molecule has 1 amide bonds. The van der Waals surface area contributed by atoms with Crippen molar-refractivity contribution in [3.8, 4) is 5.75 Å². The van der Waals surface area contributed by atoms with Crippen molar-refractivity contribution in [3.63, 3.8) is 0 Å². The summed E-state index contributed by atoms with van der Waals surface area (Å²) in [5.74, 6) is -2.28. The number of rotatable bonds is 6.